The lowest BCUT2D eigenvalue weighted by atomic mass is 10.3. The van der Waals surface area contributed by atoms with Gasteiger partial charge in [-0.3, -0.25) is 9.89 Å². The highest BCUT2D eigenvalue weighted by molar-refractivity contribution is 7.99. The first-order chi connectivity index (χ1) is 6.77. The summed E-state index contributed by atoms with van der Waals surface area (Å²) >= 11 is 1.90. The maximum Gasteiger partial charge on any atom is 0.291 e. The number of nitrogens with zero attached hydrogens (tertiary/aromatic N) is 3. The first-order valence-electron chi connectivity index (χ1n) is 4.53. The monoisotopic (exact) mass is 212 g/mol. The summed E-state index contributed by atoms with van der Waals surface area (Å²) in [4.78, 5) is 17.5. The van der Waals surface area contributed by atoms with E-state index in [4.69, 9.17) is 0 Å². The number of amides is 1. The third-order valence-electron chi connectivity index (χ3n) is 2.15. The number of nitrogens with one attached hydrogen (secondary N) is 1. The normalized spacial score (nSPS) is 22.4. The predicted octanol–water partition coefficient (Wildman–Crippen LogP) is 0.382. The molecule has 1 aromatic rings. The maximum absolute atomic E-state index is 11.8. The van der Waals surface area contributed by atoms with Gasteiger partial charge in [-0.2, -0.15) is 16.9 Å². The van der Waals surface area contributed by atoms with Gasteiger partial charge in [0.15, 0.2) is 0 Å². The van der Waals surface area contributed by atoms with Gasteiger partial charge in [0.1, 0.15) is 6.33 Å². The van der Waals surface area contributed by atoms with E-state index in [1.54, 1.807) is 0 Å². The molecule has 0 bridgehead atoms. The number of carbonyl (C=O) groups excluding carboxylic acids is 1. The van der Waals surface area contributed by atoms with Crippen molar-refractivity contribution < 1.29 is 4.79 Å². The Hall–Kier alpha value is -1.04. The summed E-state index contributed by atoms with van der Waals surface area (Å²) in [5, 5.41) is 6.77. The SMILES string of the molecule is CC1CN(C(=O)c2ncn[nH]2)CCS1. The van der Waals surface area contributed by atoms with Gasteiger partial charge < -0.3 is 4.90 Å². The van der Waals surface area contributed by atoms with Gasteiger partial charge >= 0.3 is 0 Å². The number of H-pyrrole nitrogens is 1. The number of rotatable bonds is 1. The van der Waals surface area contributed by atoms with Crippen LogP contribution in [0.4, 0.5) is 0 Å². The minimum absolute atomic E-state index is 0.0466. The molecule has 1 amide bonds. The Morgan fingerprint density at radius 2 is 2.64 bits per heavy atom. The van der Waals surface area contributed by atoms with Crippen LogP contribution in [0.1, 0.15) is 17.5 Å². The molecule has 0 saturated carbocycles. The van der Waals surface area contributed by atoms with Crippen LogP contribution in [0.15, 0.2) is 6.33 Å². The van der Waals surface area contributed by atoms with Crippen LogP contribution in [0.3, 0.4) is 0 Å². The zero-order valence-corrected chi connectivity index (χ0v) is 8.75. The molecule has 1 N–H and O–H groups in total. The topological polar surface area (TPSA) is 61.9 Å². The molecule has 1 aromatic heterocycles. The van der Waals surface area contributed by atoms with E-state index < -0.39 is 0 Å². The first kappa shape index (κ1) is 9.51. The van der Waals surface area contributed by atoms with Crippen molar-refractivity contribution in [3.05, 3.63) is 12.2 Å². The summed E-state index contributed by atoms with van der Waals surface area (Å²) < 4.78 is 0. The lowest BCUT2D eigenvalue weighted by molar-refractivity contribution is 0.0751. The van der Waals surface area contributed by atoms with Crippen molar-refractivity contribution in [2.24, 2.45) is 0 Å². The summed E-state index contributed by atoms with van der Waals surface area (Å²) in [5.41, 5.74) is 0. The van der Waals surface area contributed by atoms with Crippen molar-refractivity contribution in [1.29, 1.82) is 0 Å². The van der Waals surface area contributed by atoms with Crippen molar-refractivity contribution in [2.45, 2.75) is 12.2 Å². The van der Waals surface area contributed by atoms with Crippen molar-refractivity contribution in [3.63, 3.8) is 0 Å². The van der Waals surface area contributed by atoms with E-state index in [2.05, 4.69) is 22.1 Å². The van der Waals surface area contributed by atoms with Gasteiger partial charge in [-0.05, 0) is 0 Å². The Morgan fingerprint density at radius 3 is 3.29 bits per heavy atom. The van der Waals surface area contributed by atoms with Crippen LogP contribution in [0.25, 0.3) is 0 Å². The van der Waals surface area contributed by atoms with Crippen LogP contribution >= 0.6 is 11.8 Å². The lowest BCUT2D eigenvalue weighted by Gasteiger charge is -2.29. The van der Waals surface area contributed by atoms with E-state index in [9.17, 15) is 4.79 Å². The number of thioether (sulfide) groups is 1. The van der Waals surface area contributed by atoms with Gasteiger partial charge in [-0.25, -0.2) is 4.98 Å². The summed E-state index contributed by atoms with van der Waals surface area (Å²) in [6, 6.07) is 0. The van der Waals surface area contributed by atoms with Crippen LogP contribution in [-0.4, -0.2) is 50.1 Å². The molecular formula is C8H12N4OS. The Balaban J connectivity index is 2.04. The van der Waals surface area contributed by atoms with E-state index in [1.165, 1.54) is 6.33 Å². The molecule has 1 aliphatic rings. The van der Waals surface area contributed by atoms with Crippen molar-refractivity contribution in [3.8, 4) is 0 Å². The Labute approximate surface area is 86.3 Å². The molecule has 1 saturated heterocycles. The van der Waals surface area contributed by atoms with Crippen LogP contribution < -0.4 is 0 Å². The number of hydrogen-bond donors (Lipinski definition) is 1. The second-order valence-electron chi connectivity index (χ2n) is 3.27. The zero-order chi connectivity index (χ0) is 9.97. The van der Waals surface area contributed by atoms with Gasteiger partial charge in [0.05, 0.1) is 0 Å². The average Bonchev–Trinajstić information content (AvgIpc) is 2.69. The molecule has 1 unspecified atom stereocenters. The first-order valence-corrected chi connectivity index (χ1v) is 5.58. The molecule has 0 radical (unpaired) electrons. The van der Waals surface area contributed by atoms with E-state index in [1.807, 2.05) is 16.7 Å². The molecule has 5 nitrogen and oxygen atoms in total. The molecule has 0 spiro atoms. The number of carbonyl (C=O) groups is 1. The Kier molecular flexibility index (Phi) is 2.72. The number of aromatic nitrogens is 3. The van der Waals surface area contributed by atoms with Crippen LogP contribution in [0.2, 0.25) is 0 Å². The molecule has 1 aliphatic heterocycles. The van der Waals surface area contributed by atoms with Crippen LogP contribution in [-0.2, 0) is 0 Å². The maximum atomic E-state index is 11.8. The molecule has 2 heterocycles. The van der Waals surface area contributed by atoms with E-state index in [-0.39, 0.29) is 5.91 Å². The minimum atomic E-state index is -0.0466. The Bertz CT molecular complexity index is 313. The van der Waals surface area contributed by atoms with Gasteiger partial charge in [0.25, 0.3) is 5.91 Å². The fourth-order valence-electron chi connectivity index (χ4n) is 1.46. The molecule has 1 fully saturated rings. The molecule has 76 valence electrons. The summed E-state index contributed by atoms with van der Waals surface area (Å²) in [6.07, 6.45) is 1.36. The molecule has 0 aromatic carbocycles. The number of aromatic amines is 1. The van der Waals surface area contributed by atoms with Crippen molar-refractivity contribution >= 4 is 17.7 Å². The van der Waals surface area contributed by atoms with Crippen molar-refractivity contribution in [1.82, 2.24) is 20.1 Å². The van der Waals surface area contributed by atoms with E-state index in [0.717, 1.165) is 18.8 Å². The fourth-order valence-corrected chi connectivity index (χ4v) is 2.47. The van der Waals surface area contributed by atoms with Gasteiger partial charge in [-0.15, -0.1) is 0 Å². The van der Waals surface area contributed by atoms with Crippen LogP contribution in [0, 0.1) is 0 Å². The summed E-state index contributed by atoms with van der Waals surface area (Å²) in [7, 11) is 0. The Morgan fingerprint density at radius 1 is 1.79 bits per heavy atom. The second-order valence-corrected chi connectivity index (χ2v) is 4.81. The summed E-state index contributed by atoms with van der Waals surface area (Å²) in [6.45, 7) is 3.73. The molecular weight excluding hydrogens is 200 g/mol. The zero-order valence-electron chi connectivity index (χ0n) is 7.93. The average molecular weight is 212 g/mol. The standard InChI is InChI=1S/C8H12N4OS/c1-6-4-12(2-3-14-6)8(13)7-9-5-10-11-7/h5-6H,2-4H2,1H3,(H,9,10,11). The van der Waals surface area contributed by atoms with E-state index in [0.29, 0.717) is 11.1 Å². The lowest BCUT2D eigenvalue weighted by Crippen LogP contribution is -2.41. The highest BCUT2D eigenvalue weighted by Crippen LogP contribution is 2.18. The van der Waals surface area contributed by atoms with Gasteiger partial charge in [0, 0.05) is 24.1 Å². The van der Waals surface area contributed by atoms with Gasteiger partial charge in [-0.1, -0.05) is 6.92 Å². The second kappa shape index (κ2) is 4.00. The fraction of sp³-hybridized carbons (Fsp3) is 0.625. The molecule has 14 heavy (non-hydrogen) atoms. The molecule has 6 heteroatoms. The number of hydrogen-bond acceptors (Lipinski definition) is 4. The highest BCUT2D eigenvalue weighted by atomic mass is 32.2. The van der Waals surface area contributed by atoms with Crippen molar-refractivity contribution in [2.75, 3.05) is 18.8 Å². The third kappa shape index (κ3) is 1.89. The van der Waals surface area contributed by atoms with Crippen LogP contribution in [0.5, 0.6) is 0 Å². The predicted molar refractivity (Wildman–Crippen MR) is 54.2 cm³/mol. The summed E-state index contributed by atoms with van der Waals surface area (Å²) in [5.74, 6) is 1.29. The largest absolute Gasteiger partial charge is 0.334 e. The molecule has 1 atom stereocenters. The molecule has 2 rings (SSSR count). The molecule has 0 aliphatic carbocycles. The third-order valence-corrected chi connectivity index (χ3v) is 3.28. The quantitative estimate of drug-likeness (QED) is 0.731. The minimum Gasteiger partial charge on any atom is -0.334 e. The smallest absolute Gasteiger partial charge is 0.291 e. The van der Waals surface area contributed by atoms with Gasteiger partial charge in [0.2, 0.25) is 5.82 Å². The highest BCUT2D eigenvalue weighted by Gasteiger charge is 2.23. The van der Waals surface area contributed by atoms with E-state index >= 15 is 0 Å².